The van der Waals surface area contributed by atoms with E-state index < -0.39 is 11.9 Å². The van der Waals surface area contributed by atoms with Crippen LogP contribution in [0.5, 0.6) is 0 Å². The van der Waals surface area contributed by atoms with E-state index in [2.05, 4.69) is 25.8 Å². The molecule has 1 amide bonds. The number of hydrogen-bond donors (Lipinski definition) is 2. The summed E-state index contributed by atoms with van der Waals surface area (Å²) in [6, 6.07) is -0.0290. The molecule has 10 nitrogen and oxygen atoms in total. The van der Waals surface area contributed by atoms with E-state index in [-0.39, 0.29) is 23.9 Å². The minimum atomic E-state index is -1.20. The van der Waals surface area contributed by atoms with Gasteiger partial charge in [0.15, 0.2) is 5.69 Å². The second-order valence-corrected chi connectivity index (χ2v) is 3.66. The summed E-state index contributed by atoms with van der Waals surface area (Å²) < 4.78 is 6.14. The molecule has 19 heavy (non-hydrogen) atoms. The second kappa shape index (κ2) is 4.84. The average Bonchev–Trinajstić information content (AvgIpc) is 2.87. The van der Waals surface area contributed by atoms with E-state index in [1.54, 1.807) is 6.92 Å². The van der Waals surface area contributed by atoms with Crippen LogP contribution in [0.1, 0.15) is 22.1 Å². The van der Waals surface area contributed by atoms with Crippen molar-refractivity contribution in [2.75, 3.05) is 5.32 Å². The molecule has 0 aliphatic heterocycles. The molecule has 0 unspecified atom stereocenters. The van der Waals surface area contributed by atoms with Crippen LogP contribution < -0.4 is 5.32 Å². The number of hydrogen-bond acceptors (Lipinski definition) is 7. The zero-order valence-corrected chi connectivity index (χ0v) is 10.1. The Morgan fingerprint density at radius 3 is 2.58 bits per heavy atom. The Morgan fingerprint density at radius 2 is 2.05 bits per heavy atom. The fourth-order valence-electron chi connectivity index (χ4n) is 1.35. The van der Waals surface area contributed by atoms with Crippen molar-refractivity contribution in [3.8, 4) is 0 Å². The minimum absolute atomic E-state index is 0.0290. The van der Waals surface area contributed by atoms with Crippen molar-refractivity contribution < 1.29 is 19.1 Å². The van der Waals surface area contributed by atoms with Crippen LogP contribution in [0, 0.1) is 13.8 Å². The quantitative estimate of drug-likeness (QED) is 0.763. The number of nitrogens with zero attached hydrogens (tertiary/aromatic N) is 5. The molecule has 2 aromatic heterocycles. The second-order valence-electron chi connectivity index (χ2n) is 3.66. The lowest BCUT2D eigenvalue weighted by atomic mass is 10.3. The van der Waals surface area contributed by atoms with Gasteiger partial charge in [0.2, 0.25) is 11.8 Å². The number of carbonyl (C=O) groups excluding carboxylic acids is 1. The van der Waals surface area contributed by atoms with Crippen molar-refractivity contribution in [1.29, 1.82) is 0 Å². The first kappa shape index (κ1) is 12.7. The van der Waals surface area contributed by atoms with Gasteiger partial charge in [-0.25, -0.2) is 9.48 Å². The lowest BCUT2D eigenvalue weighted by Gasteiger charge is -2.02. The summed E-state index contributed by atoms with van der Waals surface area (Å²) in [5, 5.41) is 25.3. The zero-order chi connectivity index (χ0) is 14.0. The fourth-order valence-corrected chi connectivity index (χ4v) is 1.35. The van der Waals surface area contributed by atoms with Gasteiger partial charge in [-0.1, -0.05) is 10.3 Å². The van der Waals surface area contributed by atoms with Gasteiger partial charge < -0.3 is 9.52 Å². The smallest absolute Gasteiger partial charge is 0.358 e. The van der Waals surface area contributed by atoms with Gasteiger partial charge in [0.05, 0.1) is 5.69 Å². The molecule has 2 heterocycles. The van der Waals surface area contributed by atoms with Crippen LogP contribution in [0.3, 0.4) is 0 Å². The molecule has 0 saturated carbocycles. The summed E-state index contributed by atoms with van der Waals surface area (Å²) in [6.07, 6.45) is 0. The van der Waals surface area contributed by atoms with Crippen LogP contribution in [0.2, 0.25) is 0 Å². The van der Waals surface area contributed by atoms with E-state index in [4.69, 9.17) is 9.52 Å². The van der Waals surface area contributed by atoms with Gasteiger partial charge in [-0.3, -0.25) is 10.1 Å². The van der Waals surface area contributed by atoms with Crippen molar-refractivity contribution in [3.05, 3.63) is 17.3 Å². The Labute approximate surface area is 106 Å². The van der Waals surface area contributed by atoms with E-state index in [1.165, 1.54) is 11.6 Å². The van der Waals surface area contributed by atoms with Crippen molar-refractivity contribution in [2.45, 2.75) is 20.4 Å². The minimum Gasteiger partial charge on any atom is -0.476 e. The average molecular weight is 266 g/mol. The monoisotopic (exact) mass is 266 g/mol. The van der Waals surface area contributed by atoms with Gasteiger partial charge in [-0.15, -0.1) is 10.2 Å². The maximum Gasteiger partial charge on any atom is 0.358 e. The van der Waals surface area contributed by atoms with Gasteiger partial charge in [0.25, 0.3) is 0 Å². The molecule has 100 valence electrons. The normalized spacial score (nSPS) is 10.4. The van der Waals surface area contributed by atoms with Gasteiger partial charge in [-0.05, 0) is 6.92 Å². The van der Waals surface area contributed by atoms with Gasteiger partial charge in [0.1, 0.15) is 6.54 Å². The third-order valence-corrected chi connectivity index (χ3v) is 2.25. The molecule has 0 saturated heterocycles. The molecule has 0 atom stereocenters. The number of carboxylic acid groups (broad SMARTS) is 1. The van der Waals surface area contributed by atoms with Gasteiger partial charge in [-0.2, -0.15) is 0 Å². The number of aryl methyl sites for hydroxylation is 1. The summed E-state index contributed by atoms with van der Waals surface area (Å²) in [5.74, 6) is -1.36. The van der Waals surface area contributed by atoms with E-state index in [0.717, 1.165) is 0 Å². The molecule has 2 aromatic rings. The van der Waals surface area contributed by atoms with Crippen LogP contribution >= 0.6 is 0 Å². The molecule has 0 bridgehead atoms. The lowest BCUT2D eigenvalue weighted by Crippen LogP contribution is -2.20. The highest BCUT2D eigenvalue weighted by Gasteiger charge is 2.17. The van der Waals surface area contributed by atoms with Crippen molar-refractivity contribution in [1.82, 2.24) is 25.2 Å². The number of carbonyl (C=O) groups is 2. The first-order valence-corrected chi connectivity index (χ1v) is 5.20. The molecule has 0 aliphatic carbocycles. The van der Waals surface area contributed by atoms with E-state index in [1.807, 2.05) is 0 Å². The molecule has 2 N–H and O–H groups in total. The van der Waals surface area contributed by atoms with Crippen molar-refractivity contribution in [2.24, 2.45) is 0 Å². The Morgan fingerprint density at radius 1 is 1.32 bits per heavy atom. The maximum atomic E-state index is 11.6. The van der Waals surface area contributed by atoms with Crippen molar-refractivity contribution >= 4 is 17.9 Å². The lowest BCUT2D eigenvalue weighted by molar-refractivity contribution is -0.117. The number of aromatic nitrogens is 5. The fraction of sp³-hybridized carbons (Fsp3) is 0.333. The molecule has 0 radical (unpaired) electrons. The summed E-state index contributed by atoms with van der Waals surface area (Å²) in [5.41, 5.74) is 0.0887. The molecule has 2 rings (SSSR count). The Hall–Kier alpha value is -2.78. The Kier molecular flexibility index (Phi) is 3.23. The molecule has 0 spiro atoms. The Balaban J connectivity index is 2.05. The summed E-state index contributed by atoms with van der Waals surface area (Å²) in [7, 11) is 0. The molecule has 10 heteroatoms. The number of carboxylic acids is 1. The first-order chi connectivity index (χ1) is 8.97. The van der Waals surface area contributed by atoms with E-state index >= 15 is 0 Å². The van der Waals surface area contributed by atoms with Gasteiger partial charge >= 0.3 is 12.0 Å². The summed E-state index contributed by atoms with van der Waals surface area (Å²) >= 11 is 0. The Bertz CT molecular complexity index is 630. The number of anilines is 1. The third-order valence-electron chi connectivity index (χ3n) is 2.25. The zero-order valence-electron chi connectivity index (χ0n) is 10.1. The van der Waals surface area contributed by atoms with Crippen LogP contribution in [-0.2, 0) is 11.3 Å². The number of rotatable bonds is 4. The summed E-state index contributed by atoms with van der Waals surface area (Å²) in [4.78, 5) is 22.4. The standard InChI is InChI=1S/C9H10N6O4/c1-4-7(8(17)18)12-14-15(4)3-6(16)10-9-13-11-5(2)19-9/h3H2,1-2H3,(H,17,18)(H,10,13,16). The molecule has 0 aliphatic rings. The highest BCUT2D eigenvalue weighted by molar-refractivity contribution is 5.89. The predicted octanol–water partition coefficient (Wildman–Crippen LogP) is -0.385. The van der Waals surface area contributed by atoms with E-state index in [9.17, 15) is 9.59 Å². The summed E-state index contributed by atoms with van der Waals surface area (Å²) in [6.45, 7) is 2.89. The SMILES string of the molecule is Cc1nnc(NC(=O)Cn2nnc(C(=O)O)c2C)o1. The topological polar surface area (TPSA) is 136 Å². The van der Waals surface area contributed by atoms with Crippen LogP contribution in [0.25, 0.3) is 0 Å². The molecule has 0 aromatic carbocycles. The highest BCUT2D eigenvalue weighted by atomic mass is 16.4. The number of amides is 1. The number of aromatic carboxylic acids is 1. The highest BCUT2D eigenvalue weighted by Crippen LogP contribution is 2.06. The number of nitrogens with one attached hydrogen (secondary N) is 1. The van der Waals surface area contributed by atoms with E-state index in [0.29, 0.717) is 5.89 Å². The molecular weight excluding hydrogens is 256 g/mol. The molecular formula is C9H10N6O4. The van der Waals surface area contributed by atoms with Gasteiger partial charge in [0, 0.05) is 6.92 Å². The largest absolute Gasteiger partial charge is 0.476 e. The first-order valence-electron chi connectivity index (χ1n) is 5.20. The molecule has 0 fully saturated rings. The van der Waals surface area contributed by atoms with Crippen LogP contribution in [-0.4, -0.2) is 42.2 Å². The van der Waals surface area contributed by atoms with Crippen LogP contribution in [0.15, 0.2) is 4.42 Å². The third kappa shape index (κ3) is 2.73. The predicted molar refractivity (Wildman–Crippen MR) is 59.4 cm³/mol. The van der Waals surface area contributed by atoms with Crippen molar-refractivity contribution in [3.63, 3.8) is 0 Å². The van der Waals surface area contributed by atoms with Crippen LogP contribution in [0.4, 0.5) is 6.01 Å². The maximum absolute atomic E-state index is 11.6.